The number of carbonyl (C=O) groups excluding carboxylic acids is 2. The number of aliphatic imine (C=N–C) groups is 1. The lowest BCUT2D eigenvalue weighted by atomic mass is 9.93. The number of thioether (sulfide) groups is 1. The van der Waals surface area contributed by atoms with Gasteiger partial charge in [0.25, 0.3) is 0 Å². The minimum atomic E-state index is -0.574. The third kappa shape index (κ3) is 5.19. The van der Waals surface area contributed by atoms with Crippen LogP contribution in [-0.4, -0.2) is 34.8 Å². The molecular weight excluding hydrogens is 514 g/mol. The SMILES string of the molecule is CC1=C(C(=O)OC(C)C)[C@@H](c2ccccc2Cl)N2C(CC(=O)NCc3ccc4c(c3)OCO4)=CSC2=N1. The topological polar surface area (TPSA) is 89.5 Å². The molecule has 3 aliphatic rings. The summed E-state index contributed by atoms with van der Waals surface area (Å²) in [5.41, 5.74) is 3.33. The van der Waals surface area contributed by atoms with E-state index in [4.69, 9.17) is 25.8 Å². The van der Waals surface area contributed by atoms with Crippen LogP contribution in [0.2, 0.25) is 5.02 Å². The van der Waals surface area contributed by atoms with E-state index in [-0.39, 0.29) is 25.2 Å². The van der Waals surface area contributed by atoms with E-state index in [0.717, 1.165) is 16.8 Å². The summed E-state index contributed by atoms with van der Waals surface area (Å²) in [5.74, 6) is 0.743. The van der Waals surface area contributed by atoms with Crippen LogP contribution in [0.15, 0.2) is 69.8 Å². The van der Waals surface area contributed by atoms with Crippen molar-refractivity contribution >= 4 is 40.4 Å². The lowest BCUT2D eigenvalue weighted by molar-refractivity contribution is -0.143. The molecule has 0 aliphatic carbocycles. The van der Waals surface area contributed by atoms with E-state index in [1.165, 1.54) is 11.8 Å². The standard InChI is InChI=1S/C27H26ClN3O5S/c1-15(2)36-26(33)24-16(3)30-27-31(25(24)19-6-4-5-7-20(19)28)18(13-37-27)11-23(32)29-12-17-8-9-21-22(10-17)35-14-34-21/h4-10,13,15,25H,11-12,14H2,1-3H3,(H,29,32)/t25-/m1/s1. The Morgan fingerprint density at radius 1 is 1.22 bits per heavy atom. The maximum absolute atomic E-state index is 13.2. The van der Waals surface area contributed by atoms with E-state index >= 15 is 0 Å². The first kappa shape index (κ1) is 25.2. The molecule has 8 nitrogen and oxygen atoms in total. The zero-order chi connectivity index (χ0) is 26.1. The first-order chi connectivity index (χ1) is 17.8. The van der Waals surface area contributed by atoms with Crippen molar-refractivity contribution in [2.75, 3.05) is 6.79 Å². The lowest BCUT2D eigenvalue weighted by Crippen LogP contribution is -2.38. The van der Waals surface area contributed by atoms with Crippen LogP contribution in [0.4, 0.5) is 0 Å². The Morgan fingerprint density at radius 3 is 2.78 bits per heavy atom. The lowest BCUT2D eigenvalue weighted by Gasteiger charge is -2.36. The molecular formula is C27H26ClN3O5S. The predicted molar refractivity (Wildman–Crippen MR) is 142 cm³/mol. The largest absolute Gasteiger partial charge is 0.459 e. The molecule has 3 heterocycles. The fourth-order valence-electron chi connectivity index (χ4n) is 4.38. The zero-order valence-corrected chi connectivity index (χ0v) is 22.2. The highest BCUT2D eigenvalue weighted by molar-refractivity contribution is 8.16. The number of halogens is 1. The van der Waals surface area contributed by atoms with Gasteiger partial charge in [-0.2, -0.15) is 0 Å². The van der Waals surface area contributed by atoms with E-state index in [1.54, 1.807) is 26.8 Å². The van der Waals surface area contributed by atoms with E-state index in [9.17, 15) is 9.59 Å². The molecule has 0 spiro atoms. The van der Waals surface area contributed by atoms with Gasteiger partial charge in [0, 0.05) is 17.3 Å². The first-order valence-corrected chi connectivity index (χ1v) is 13.1. The average Bonchev–Trinajstić information content (AvgIpc) is 3.48. The van der Waals surface area contributed by atoms with Gasteiger partial charge in [-0.05, 0) is 55.5 Å². The van der Waals surface area contributed by atoms with Crippen LogP contribution >= 0.6 is 23.4 Å². The van der Waals surface area contributed by atoms with Crippen LogP contribution < -0.4 is 14.8 Å². The molecule has 0 bridgehead atoms. The van der Waals surface area contributed by atoms with Gasteiger partial charge in [0.05, 0.1) is 29.8 Å². The number of amides is 1. The van der Waals surface area contributed by atoms with Crippen molar-refractivity contribution in [1.82, 2.24) is 10.2 Å². The molecule has 5 rings (SSSR count). The molecule has 0 saturated carbocycles. The summed E-state index contributed by atoms with van der Waals surface area (Å²) in [4.78, 5) is 32.8. The summed E-state index contributed by atoms with van der Waals surface area (Å²) in [6, 6.07) is 12.4. The van der Waals surface area contributed by atoms with Gasteiger partial charge in [-0.25, -0.2) is 9.79 Å². The van der Waals surface area contributed by atoms with Crippen LogP contribution in [0.1, 0.15) is 44.4 Å². The van der Waals surface area contributed by atoms with Gasteiger partial charge < -0.3 is 24.4 Å². The van der Waals surface area contributed by atoms with Gasteiger partial charge in [0.2, 0.25) is 12.7 Å². The molecule has 3 aliphatic heterocycles. The Balaban J connectivity index is 1.38. The molecule has 2 aromatic rings. The molecule has 37 heavy (non-hydrogen) atoms. The number of hydrogen-bond acceptors (Lipinski definition) is 8. The maximum atomic E-state index is 13.2. The van der Waals surface area contributed by atoms with Gasteiger partial charge >= 0.3 is 5.97 Å². The van der Waals surface area contributed by atoms with Crippen LogP contribution in [0.25, 0.3) is 0 Å². The summed E-state index contributed by atoms with van der Waals surface area (Å²) >= 11 is 8.03. The normalized spacial score (nSPS) is 18.0. The molecule has 0 unspecified atom stereocenters. The molecule has 0 fully saturated rings. The van der Waals surface area contributed by atoms with Crippen molar-refractivity contribution < 1.29 is 23.8 Å². The number of hydrogen-bond donors (Lipinski definition) is 1. The van der Waals surface area contributed by atoms with Gasteiger partial charge in [-0.15, -0.1) is 0 Å². The van der Waals surface area contributed by atoms with Crippen molar-refractivity contribution in [2.45, 2.75) is 45.9 Å². The van der Waals surface area contributed by atoms with Gasteiger partial charge in [-0.3, -0.25) is 4.79 Å². The number of ether oxygens (including phenoxy) is 3. The summed E-state index contributed by atoms with van der Waals surface area (Å²) in [7, 11) is 0. The van der Waals surface area contributed by atoms with E-state index in [2.05, 4.69) is 10.3 Å². The third-order valence-electron chi connectivity index (χ3n) is 6.03. The molecule has 0 radical (unpaired) electrons. The number of fused-ring (bicyclic) bond motifs is 2. The van der Waals surface area contributed by atoms with Crippen LogP contribution in [0, 0.1) is 0 Å². The number of rotatable bonds is 7. The highest BCUT2D eigenvalue weighted by atomic mass is 35.5. The minimum Gasteiger partial charge on any atom is -0.459 e. The highest BCUT2D eigenvalue weighted by Gasteiger charge is 2.42. The molecule has 1 atom stereocenters. The van der Waals surface area contributed by atoms with Crippen molar-refractivity contribution in [3.8, 4) is 11.5 Å². The zero-order valence-electron chi connectivity index (χ0n) is 20.6. The maximum Gasteiger partial charge on any atom is 0.338 e. The Kier molecular flexibility index (Phi) is 7.17. The Bertz CT molecular complexity index is 1350. The van der Waals surface area contributed by atoms with Crippen LogP contribution in [0.5, 0.6) is 11.5 Å². The highest BCUT2D eigenvalue weighted by Crippen LogP contribution is 2.46. The first-order valence-electron chi connectivity index (χ1n) is 11.9. The van der Waals surface area contributed by atoms with Crippen LogP contribution in [-0.2, 0) is 20.9 Å². The predicted octanol–water partition coefficient (Wildman–Crippen LogP) is 5.30. The van der Waals surface area contributed by atoms with Gasteiger partial charge in [0.1, 0.15) is 0 Å². The Labute approximate surface area is 224 Å². The number of nitrogens with one attached hydrogen (secondary N) is 1. The number of allylic oxidation sites excluding steroid dienone is 1. The van der Waals surface area contributed by atoms with Crippen LogP contribution in [0.3, 0.4) is 0 Å². The van der Waals surface area contributed by atoms with Crippen molar-refractivity contribution in [1.29, 1.82) is 0 Å². The molecule has 0 saturated heterocycles. The smallest absolute Gasteiger partial charge is 0.338 e. The second-order valence-corrected chi connectivity index (χ2v) is 10.3. The van der Waals surface area contributed by atoms with Gasteiger partial charge in [-0.1, -0.05) is 47.6 Å². The Hall–Kier alpha value is -3.43. The number of carbonyl (C=O) groups is 2. The Morgan fingerprint density at radius 2 is 2.00 bits per heavy atom. The molecule has 10 heteroatoms. The fraction of sp³-hybridized carbons (Fsp3) is 0.296. The van der Waals surface area contributed by atoms with Crippen molar-refractivity contribution in [3.63, 3.8) is 0 Å². The molecule has 192 valence electrons. The molecule has 2 aromatic carbocycles. The number of benzene rings is 2. The van der Waals surface area contributed by atoms with Crippen molar-refractivity contribution in [2.24, 2.45) is 4.99 Å². The minimum absolute atomic E-state index is 0.100. The number of amidine groups is 1. The molecule has 1 N–H and O–H groups in total. The monoisotopic (exact) mass is 539 g/mol. The molecule has 1 amide bonds. The molecule has 0 aromatic heterocycles. The second kappa shape index (κ2) is 10.5. The van der Waals surface area contributed by atoms with Gasteiger partial charge in [0.15, 0.2) is 16.7 Å². The van der Waals surface area contributed by atoms with Crippen molar-refractivity contribution in [3.05, 3.63) is 81.0 Å². The summed E-state index contributed by atoms with van der Waals surface area (Å²) in [6.45, 7) is 5.94. The average molecular weight is 540 g/mol. The summed E-state index contributed by atoms with van der Waals surface area (Å²) in [5, 5.41) is 6.06. The summed E-state index contributed by atoms with van der Waals surface area (Å²) < 4.78 is 16.3. The van der Waals surface area contributed by atoms with E-state index in [0.29, 0.717) is 39.5 Å². The fourth-order valence-corrected chi connectivity index (χ4v) is 5.58. The summed E-state index contributed by atoms with van der Waals surface area (Å²) in [6.07, 6.45) is -0.196. The van der Waals surface area contributed by atoms with E-state index in [1.807, 2.05) is 46.7 Å². The quantitative estimate of drug-likeness (QED) is 0.477. The second-order valence-electron chi connectivity index (χ2n) is 9.01. The number of esters is 1. The third-order valence-corrected chi connectivity index (χ3v) is 7.26. The number of nitrogens with zero attached hydrogens (tertiary/aromatic N) is 2. The van der Waals surface area contributed by atoms with E-state index < -0.39 is 12.0 Å².